The molecule has 0 bridgehead atoms. The van der Waals surface area contributed by atoms with Crippen LogP contribution in [0.1, 0.15) is 21.7 Å². The molecule has 0 N–H and O–H groups in total. The van der Waals surface area contributed by atoms with Gasteiger partial charge in [0, 0.05) is 6.42 Å². The largest absolute Gasteiger partial charge is 0.463 e. The Hall–Kier alpha value is -1.36. The Morgan fingerprint density at radius 2 is 2.47 bits per heavy atom. The Bertz CT molecular complexity index is 396. The highest BCUT2D eigenvalue weighted by molar-refractivity contribution is 7.12. The minimum atomic E-state index is -0.723. The molecular formula is C10H10O4S. The van der Waals surface area contributed by atoms with Gasteiger partial charge in [-0.15, -0.1) is 11.3 Å². The summed E-state index contributed by atoms with van der Waals surface area (Å²) in [7, 11) is 0. The van der Waals surface area contributed by atoms with Gasteiger partial charge in [0.15, 0.2) is 0 Å². The summed E-state index contributed by atoms with van der Waals surface area (Å²) in [5.41, 5.74) is 0.872. The van der Waals surface area contributed by atoms with Gasteiger partial charge in [-0.05, 0) is 23.9 Å². The molecule has 4 nitrogen and oxygen atoms in total. The van der Waals surface area contributed by atoms with Gasteiger partial charge >= 0.3 is 11.9 Å². The fourth-order valence-corrected chi connectivity index (χ4v) is 2.16. The number of esters is 2. The summed E-state index contributed by atoms with van der Waals surface area (Å²) in [6.45, 7) is 2.17. The van der Waals surface area contributed by atoms with Gasteiger partial charge in [0.05, 0.1) is 6.61 Å². The number of carbonyl (C=O) groups excluding carboxylic acids is 2. The van der Waals surface area contributed by atoms with Crippen molar-refractivity contribution >= 4 is 23.3 Å². The molecule has 0 spiro atoms. The van der Waals surface area contributed by atoms with Gasteiger partial charge in [0.1, 0.15) is 4.88 Å². The highest BCUT2D eigenvalue weighted by Crippen LogP contribution is 2.19. The van der Waals surface area contributed by atoms with Gasteiger partial charge in [0.25, 0.3) is 0 Å². The lowest BCUT2D eigenvalue weighted by Gasteiger charge is -2.07. The molecule has 15 heavy (non-hydrogen) atoms. The summed E-state index contributed by atoms with van der Waals surface area (Å²) in [6.07, 6.45) is -0.270. The van der Waals surface area contributed by atoms with E-state index >= 15 is 0 Å². The molecule has 1 aromatic rings. The van der Waals surface area contributed by atoms with E-state index in [1.807, 2.05) is 18.4 Å². The summed E-state index contributed by atoms with van der Waals surface area (Å²) >= 11 is 1.32. The number of rotatable bonds is 2. The first kappa shape index (κ1) is 10.2. The minimum Gasteiger partial charge on any atom is -0.463 e. The quantitative estimate of drug-likeness (QED) is 0.717. The molecular weight excluding hydrogens is 216 g/mol. The summed E-state index contributed by atoms with van der Waals surface area (Å²) < 4.78 is 9.75. The fraction of sp³-hybridized carbons (Fsp3) is 0.400. The number of hydrogen-bond acceptors (Lipinski definition) is 5. The third kappa shape index (κ3) is 2.02. The molecule has 1 fully saturated rings. The zero-order chi connectivity index (χ0) is 10.8. The molecule has 1 atom stereocenters. The third-order valence-electron chi connectivity index (χ3n) is 2.18. The normalized spacial score (nSPS) is 20.1. The first-order chi connectivity index (χ1) is 7.18. The van der Waals surface area contributed by atoms with E-state index in [4.69, 9.17) is 9.47 Å². The highest BCUT2D eigenvalue weighted by atomic mass is 32.1. The van der Waals surface area contributed by atoms with Crippen LogP contribution in [0, 0.1) is 6.92 Å². The van der Waals surface area contributed by atoms with Crippen molar-refractivity contribution in [3.05, 3.63) is 21.9 Å². The number of ether oxygens (including phenoxy) is 2. The average Bonchev–Trinajstić information content (AvgIpc) is 2.76. The van der Waals surface area contributed by atoms with Crippen molar-refractivity contribution in [2.24, 2.45) is 0 Å². The number of cyclic esters (lactones) is 1. The second-order valence-electron chi connectivity index (χ2n) is 3.28. The summed E-state index contributed by atoms with van der Waals surface area (Å²) in [6, 6.07) is 1.84. The number of hydrogen-bond donors (Lipinski definition) is 0. The Morgan fingerprint density at radius 3 is 3.00 bits per heavy atom. The maximum atomic E-state index is 11.6. The molecule has 1 aliphatic rings. The van der Waals surface area contributed by atoms with Crippen molar-refractivity contribution in [1.29, 1.82) is 0 Å². The fourth-order valence-electron chi connectivity index (χ4n) is 1.35. The van der Waals surface area contributed by atoms with Crippen LogP contribution in [0.25, 0.3) is 0 Å². The van der Waals surface area contributed by atoms with Crippen molar-refractivity contribution < 1.29 is 19.1 Å². The van der Waals surface area contributed by atoms with Gasteiger partial charge in [-0.25, -0.2) is 9.59 Å². The average molecular weight is 226 g/mol. The van der Waals surface area contributed by atoms with Crippen molar-refractivity contribution in [2.75, 3.05) is 6.61 Å². The van der Waals surface area contributed by atoms with E-state index in [1.54, 1.807) is 0 Å². The number of aryl methyl sites for hydroxylation is 1. The number of thiophene rings is 1. The molecule has 1 aliphatic heterocycles. The summed E-state index contributed by atoms with van der Waals surface area (Å²) in [5, 5.41) is 1.82. The van der Waals surface area contributed by atoms with E-state index in [-0.39, 0.29) is 0 Å². The Kier molecular flexibility index (Phi) is 2.73. The SMILES string of the molecule is Cc1ccsc1C(=O)OC1CCOC1=O. The van der Waals surface area contributed by atoms with Crippen molar-refractivity contribution in [1.82, 2.24) is 0 Å². The Labute approximate surface area is 90.8 Å². The summed E-state index contributed by atoms with van der Waals surface area (Å²) in [4.78, 5) is 23.2. The first-order valence-corrected chi connectivity index (χ1v) is 5.48. The molecule has 0 aliphatic carbocycles. The standard InChI is InChI=1S/C10H10O4S/c1-6-3-5-15-8(6)10(12)14-7-2-4-13-9(7)11/h3,5,7H,2,4H2,1H3. The predicted octanol–water partition coefficient (Wildman–Crippen LogP) is 1.53. The van der Waals surface area contributed by atoms with Gasteiger partial charge in [0.2, 0.25) is 6.10 Å². The highest BCUT2D eigenvalue weighted by Gasteiger charge is 2.31. The molecule has 80 valence electrons. The monoisotopic (exact) mass is 226 g/mol. The van der Waals surface area contributed by atoms with Gasteiger partial charge in [-0.1, -0.05) is 0 Å². The lowest BCUT2D eigenvalue weighted by Crippen LogP contribution is -2.22. The van der Waals surface area contributed by atoms with E-state index in [0.717, 1.165) is 5.56 Å². The molecule has 0 radical (unpaired) electrons. The molecule has 2 rings (SSSR count). The maximum absolute atomic E-state index is 11.6. The molecule has 0 aromatic carbocycles. The molecule has 1 unspecified atom stereocenters. The second-order valence-corrected chi connectivity index (χ2v) is 4.20. The van der Waals surface area contributed by atoms with E-state index in [9.17, 15) is 9.59 Å². The zero-order valence-corrected chi connectivity index (χ0v) is 9.00. The molecule has 5 heteroatoms. The van der Waals surface area contributed by atoms with Gasteiger partial charge in [-0.2, -0.15) is 0 Å². The smallest absolute Gasteiger partial charge is 0.349 e. The van der Waals surface area contributed by atoms with Crippen LogP contribution in [0.2, 0.25) is 0 Å². The van der Waals surface area contributed by atoms with Crippen LogP contribution in [0.15, 0.2) is 11.4 Å². The zero-order valence-electron chi connectivity index (χ0n) is 8.19. The predicted molar refractivity (Wildman–Crippen MR) is 53.8 cm³/mol. The second kappa shape index (κ2) is 4.02. The van der Waals surface area contributed by atoms with Crippen LogP contribution in [0.3, 0.4) is 0 Å². The molecule has 2 heterocycles. The molecule has 1 aromatic heterocycles. The molecule has 0 saturated carbocycles. The van der Waals surface area contributed by atoms with Crippen molar-refractivity contribution in [2.45, 2.75) is 19.4 Å². The van der Waals surface area contributed by atoms with Crippen LogP contribution < -0.4 is 0 Å². The van der Waals surface area contributed by atoms with E-state index in [0.29, 0.717) is 17.9 Å². The van der Waals surface area contributed by atoms with E-state index in [2.05, 4.69) is 0 Å². The lowest BCUT2D eigenvalue weighted by atomic mass is 10.3. The Balaban J connectivity index is 2.04. The minimum absolute atomic E-state index is 0.334. The molecule has 1 saturated heterocycles. The van der Waals surface area contributed by atoms with Crippen LogP contribution in [0.4, 0.5) is 0 Å². The van der Waals surface area contributed by atoms with E-state index < -0.39 is 18.0 Å². The summed E-state index contributed by atoms with van der Waals surface area (Å²) in [5.74, 6) is -0.885. The molecule has 0 amide bonds. The lowest BCUT2D eigenvalue weighted by molar-refractivity contribution is -0.145. The van der Waals surface area contributed by atoms with Crippen LogP contribution in [0.5, 0.6) is 0 Å². The van der Waals surface area contributed by atoms with Crippen molar-refractivity contribution in [3.63, 3.8) is 0 Å². The van der Waals surface area contributed by atoms with Crippen LogP contribution in [-0.2, 0) is 14.3 Å². The van der Waals surface area contributed by atoms with Crippen molar-refractivity contribution in [3.8, 4) is 0 Å². The van der Waals surface area contributed by atoms with Crippen LogP contribution >= 0.6 is 11.3 Å². The Morgan fingerprint density at radius 1 is 1.67 bits per heavy atom. The van der Waals surface area contributed by atoms with Gasteiger partial charge in [-0.3, -0.25) is 0 Å². The first-order valence-electron chi connectivity index (χ1n) is 4.60. The maximum Gasteiger partial charge on any atom is 0.349 e. The number of carbonyl (C=O) groups is 2. The van der Waals surface area contributed by atoms with E-state index in [1.165, 1.54) is 11.3 Å². The van der Waals surface area contributed by atoms with Gasteiger partial charge < -0.3 is 9.47 Å². The third-order valence-corrected chi connectivity index (χ3v) is 3.18. The van der Waals surface area contributed by atoms with Crippen LogP contribution in [-0.4, -0.2) is 24.6 Å². The topological polar surface area (TPSA) is 52.6 Å².